The largest absolute Gasteiger partial charge is 0.310 e. The summed E-state index contributed by atoms with van der Waals surface area (Å²) in [4.78, 5) is 0. The molecule has 2 rings (SSSR count). The molecule has 20 heavy (non-hydrogen) atoms. The summed E-state index contributed by atoms with van der Waals surface area (Å²) < 4.78 is 2.40. The summed E-state index contributed by atoms with van der Waals surface area (Å²) in [7, 11) is 0. The van der Waals surface area contributed by atoms with Crippen molar-refractivity contribution in [2.75, 3.05) is 6.54 Å². The summed E-state index contributed by atoms with van der Waals surface area (Å²) in [5.74, 6) is 1.67. The topological polar surface area (TPSA) is 12.0 Å². The van der Waals surface area contributed by atoms with Crippen LogP contribution in [0.4, 0.5) is 0 Å². The Kier molecular flexibility index (Phi) is 6.57. The molecule has 1 nitrogen and oxygen atoms in total. The molecule has 0 aliphatic heterocycles. The minimum Gasteiger partial charge on any atom is -0.310 e. The van der Waals surface area contributed by atoms with E-state index in [9.17, 15) is 0 Å². The summed E-state index contributed by atoms with van der Waals surface area (Å²) in [6.45, 7) is 5.72. The predicted octanol–water partition coefficient (Wildman–Crippen LogP) is 6.08. The molecular weight excluding hydrogens is 378 g/mol. The van der Waals surface area contributed by atoms with Gasteiger partial charge < -0.3 is 5.32 Å². The molecule has 0 saturated heterocycles. The van der Waals surface area contributed by atoms with Gasteiger partial charge in [0.2, 0.25) is 0 Å². The lowest BCUT2D eigenvalue weighted by molar-refractivity contribution is 0.231. The Bertz CT molecular complexity index is 425. The van der Waals surface area contributed by atoms with Crippen molar-refractivity contribution in [3.63, 3.8) is 0 Å². The maximum Gasteiger partial charge on any atom is 0.0360 e. The highest BCUT2D eigenvalue weighted by atomic mass is 79.9. The average Bonchev–Trinajstić information content (AvgIpc) is 2.44. The van der Waals surface area contributed by atoms with Gasteiger partial charge >= 0.3 is 0 Å². The lowest BCUT2D eigenvalue weighted by atomic mass is 9.77. The fourth-order valence-corrected chi connectivity index (χ4v) is 4.07. The van der Waals surface area contributed by atoms with Crippen LogP contribution in [-0.4, -0.2) is 6.54 Å². The third-order valence-corrected chi connectivity index (χ3v) is 5.65. The Labute approximate surface area is 140 Å². The Morgan fingerprint density at radius 2 is 1.90 bits per heavy atom. The molecular formula is C17H25Br2N. The molecule has 0 aromatic heterocycles. The standard InChI is InChI=1S/C17H25Br2N/c1-3-10-20-17(13-6-4-12(2)5-7-13)15-11-14(18)8-9-16(15)19/h8-9,11-13,17,20H,3-7,10H2,1-2H3. The van der Waals surface area contributed by atoms with Crippen molar-refractivity contribution in [2.24, 2.45) is 11.8 Å². The Morgan fingerprint density at radius 1 is 1.20 bits per heavy atom. The van der Waals surface area contributed by atoms with E-state index >= 15 is 0 Å². The van der Waals surface area contributed by atoms with Crippen molar-refractivity contribution in [1.82, 2.24) is 5.32 Å². The third kappa shape index (κ3) is 4.32. The Hall–Kier alpha value is 0.140. The van der Waals surface area contributed by atoms with Gasteiger partial charge in [-0.05, 0) is 61.4 Å². The van der Waals surface area contributed by atoms with Gasteiger partial charge in [0.15, 0.2) is 0 Å². The second-order valence-corrected chi connectivity index (χ2v) is 7.89. The zero-order valence-corrected chi connectivity index (χ0v) is 15.6. The van der Waals surface area contributed by atoms with Gasteiger partial charge in [0, 0.05) is 15.0 Å². The zero-order chi connectivity index (χ0) is 14.5. The van der Waals surface area contributed by atoms with Crippen molar-refractivity contribution in [1.29, 1.82) is 0 Å². The van der Waals surface area contributed by atoms with Crippen LogP contribution in [-0.2, 0) is 0 Å². The maximum atomic E-state index is 3.79. The molecule has 1 atom stereocenters. The van der Waals surface area contributed by atoms with Crippen molar-refractivity contribution < 1.29 is 0 Å². The van der Waals surface area contributed by atoms with Crippen LogP contribution in [0, 0.1) is 11.8 Å². The number of rotatable bonds is 5. The molecule has 1 unspecified atom stereocenters. The molecule has 0 heterocycles. The van der Waals surface area contributed by atoms with Crippen LogP contribution in [0.25, 0.3) is 0 Å². The first-order chi connectivity index (χ1) is 9.61. The SMILES string of the molecule is CCCNC(c1cc(Br)ccc1Br)C1CCC(C)CC1. The molecule has 0 bridgehead atoms. The molecule has 1 aromatic rings. The molecule has 1 fully saturated rings. The van der Waals surface area contributed by atoms with Gasteiger partial charge in [-0.2, -0.15) is 0 Å². The van der Waals surface area contributed by atoms with E-state index in [4.69, 9.17) is 0 Å². The molecule has 0 amide bonds. The Morgan fingerprint density at radius 3 is 2.55 bits per heavy atom. The molecule has 1 aromatic carbocycles. The number of benzene rings is 1. The van der Waals surface area contributed by atoms with E-state index < -0.39 is 0 Å². The quantitative estimate of drug-likeness (QED) is 0.629. The zero-order valence-electron chi connectivity index (χ0n) is 12.5. The van der Waals surface area contributed by atoms with Gasteiger partial charge in [-0.25, -0.2) is 0 Å². The number of halogens is 2. The van der Waals surface area contributed by atoms with Gasteiger partial charge in [0.25, 0.3) is 0 Å². The van der Waals surface area contributed by atoms with Crippen LogP contribution in [0.5, 0.6) is 0 Å². The van der Waals surface area contributed by atoms with E-state index in [0.29, 0.717) is 6.04 Å². The molecule has 0 spiro atoms. The van der Waals surface area contributed by atoms with E-state index in [1.54, 1.807) is 0 Å². The fraction of sp³-hybridized carbons (Fsp3) is 0.647. The van der Waals surface area contributed by atoms with Crippen LogP contribution in [0.1, 0.15) is 57.6 Å². The van der Waals surface area contributed by atoms with Crippen molar-refractivity contribution in [2.45, 2.75) is 52.0 Å². The summed E-state index contributed by atoms with van der Waals surface area (Å²) in [5, 5.41) is 3.79. The highest BCUT2D eigenvalue weighted by molar-refractivity contribution is 9.11. The first-order valence-electron chi connectivity index (χ1n) is 7.80. The smallest absolute Gasteiger partial charge is 0.0360 e. The number of hydrogen-bond donors (Lipinski definition) is 1. The fourth-order valence-electron chi connectivity index (χ4n) is 3.20. The highest BCUT2D eigenvalue weighted by Gasteiger charge is 2.28. The highest BCUT2D eigenvalue weighted by Crippen LogP contribution is 2.39. The van der Waals surface area contributed by atoms with Crippen LogP contribution in [0.2, 0.25) is 0 Å². The first kappa shape index (κ1) is 16.5. The van der Waals surface area contributed by atoms with Crippen LogP contribution < -0.4 is 5.32 Å². The van der Waals surface area contributed by atoms with Crippen molar-refractivity contribution >= 4 is 31.9 Å². The monoisotopic (exact) mass is 401 g/mol. The molecule has 1 aliphatic rings. The number of hydrogen-bond acceptors (Lipinski definition) is 1. The average molecular weight is 403 g/mol. The normalized spacial score (nSPS) is 24.6. The molecule has 1 N–H and O–H groups in total. The van der Waals surface area contributed by atoms with Gasteiger partial charge in [-0.3, -0.25) is 0 Å². The lowest BCUT2D eigenvalue weighted by Crippen LogP contribution is -2.31. The summed E-state index contributed by atoms with van der Waals surface area (Å²) >= 11 is 7.36. The summed E-state index contributed by atoms with van der Waals surface area (Å²) in [6.07, 6.45) is 6.63. The van der Waals surface area contributed by atoms with E-state index in [1.165, 1.54) is 46.6 Å². The predicted molar refractivity (Wildman–Crippen MR) is 94.0 cm³/mol. The van der Waals surface area contributed by atoms with E-state index in [1.807, 2.05) is 0 Å². The first-order valence-corrected chi connectivity index (χ1v) is 9.38. The third-order valence-electron chi connectivity index (χ3n) is 4.44. The van der Waals surface area contributed by atoms with E-state index in [2.05, 4.69) is 69.2 Å². The van der Waals surface area contributed by atoms with Gasteiger partial charge in [-0.15, -0.1) is 0 Å². The lowest BCUT2D eigenvalue weighted by Gasteiger charge is -2.34. The second kappa shape index (κ2) is 7.95. The van der Waals surface area contributed by atoms with Gasteiger partial charge in [0.1, 0.15) is 0 Å². The molecule has 1 aliphatic carbocycles. The molecule has 0 radical (unpaired) electrons. The van der Waals surface area contributed by atoms with Crippen molar-refractivity contribution in [3.8, 4) is 0 Å². The van der Waals surface area contributed by atoms with Crippen LogP contribution in [0.3, 0.4) is 0 Å². The second-order valence-electron chi connectivity index (χ2n) is 6.12. The van der Waals surface area contributed by atoms with Gasteiger partial charge in [0.05, 0.1) is 0 Å². The molecule has 112 valence electrons. The van der Waals surface area contributed by atoms with Crippen LogP contribution in [0.15, 0.2) is 27.1 Å². The minimum absolute atomic E-state index is 0.481. The Balaban J connectivity index is 2.20. The molecule has 3 heteroatoms. The van der Waals surface area contributed by atoms with Gasteiger partial charge in [-0.1, -0.05) is 58.5 Å². The summed E-state index contributed by atoms with van der Waals surface area (Å²) in [5.41, 5.74) is 1.41. The molecule has 1 saturated carbocycles. The number of nitrogens with one attached hydrogen (secondary N) is 1. The van der Waals surface area contributed by atoms with Crippen molar-refractivity contribution in [3.05, 3.63) is 32.7 Å². The maximum absolute atomic E-state index is 3.79. The summed E-state index contributed by atoms with van der Waals surface area (Å²) in [6, 6.07) is 7.02. The van der Waals surface area contributed by atoms with E-state index in [-0.39, 0.29) is 0 Å². The minimum atomic E-state index is 0.481. The van der Waals surface area contributed by atoms with E-state index in [0.717, 1.165) is 18.4 Å². The van der Waals surface area contributed by atoms with Crippen LogP contribution >= 0.6 is 31.9 Å².